The van der Waals surface area contributed by atoms with Crippen molar-refractivity contribution in [3.63, 3.8) is 0 Å². The van der Waals surface area contributed by atoms with Crippen LogP contribution in [0.3, 0.4) is 0 Å². The van der Waals surface area contributed by atoms with E-state index in [1.807, 2.05) is 36.4 Å². The minimum absolute atomic E-state index is 0.0945. The average Bonchev–Trinajstić information content (AvgIpc) is 2.93. The van der Waals surface area contributed by atoms with E-state index in [1.165, 1.54) is 0 Å². The van der Waals surface area contributed by atoms with E-state index in [-0.39, 0.29) is 18.2 Å². The number of carbonyl (C=O) groups is 2. The van der Waals surface area contributed by atoms with Crippen molar-refractivity contribution in [1.29, 1.82) is 0 Å². The van der Waals surface area contributed by atoms with Crippen molar-refractivity contribution in [3.8, 4) is 11.5 Å². The summed E-state index contributed by atoms with van der Waals surface area (Å²) in [5, 5.41) is 0.960. The van der Waals surface area contributed by atoms with E-state index in [0.717, 1.165) is 72.3 Å². The summed E-state index contributed by atoms with van der Waals surface area (Å²) in [5.74, 6) is 0.559. The zero-order valence-corrected chi connectivity index (χ0v) is 23.9. The fourth-order valence-corrected chi connectivity index (χ4v) is 6.46. The second kappa shape index (κ2) is 12.2. The number of hydrogen-bond acceptors (Lipinski definition) is 6. The van der Waals surface area contributed by atoms with Crippen molar-refractivity contribution in [2.24, 2.45) is 0 Å². The molecule has 2 aromatic carbocycles. The third-order valence-electron chi connectivity index (χ3n) is 7.73. The van der Waals surface area contributed by atoms with Gasteiger partial charge >= 0.3 is 0 Å². The van der Waals surface area contributed by atoms with Crippen LogP contribution in [0.15, 0.2) is 58.9 Å². The molecule has 2 aliphatic carbocycles. The Labute approximate surface area is 239 Å². The van der Waals surface area contributed by atoms with Crippen LogP contribution in [0.5, 0.6) is 11.5 Å². The van der Waals surface area contributed by atoms with Gasteiger partial charge in [-0.2, -0.15) is 0 Å². The van der Waals surface area contributed by atoms with Crippen molar-refractivity contribution in [2.45, 2.75) is 57.5 Å². The van der Waals surface area contributed by atoms with E-state index in [2.05, 4.69) is 4.90 Å². The van der Waals surface area contributed by atoms with Gasteiger partial charge in [0, 0.05) is 72.1 Å². The molecule has 8 heteroatoms. The van der Waals surface area contributed by atoms with E-state index < -0.39 is 5.92 Å². The van der Waals surface area contributed by atoms with E-state index in [0.29, 0.717) is 41.0 Å². The number of ether oxygens (including phenoxy) is 3. The quantitative estimate of drug-likeness (QED) is 0.302. The number of hydrogen-bond donors (Lipinski definition) is 0. The summed E-state index contributed by atoms with van der Waals surface area (Å²) in [7, 11) is 3.25. The summed E-state index contributed by atoms with van der Waals surface area (Å²) in [6.07, 6.45) is 4.98. The Morgan fingerprint density at radius 2 is 1.56 bits per heavy atom. The fourth-order valence-electron chi connectivity index (χ4n) is 6.00. The van der Waals surface area contributed by atoms with Gasteiger partial charge in [0.05, 0.1) is 12.1 Å². The lowest BCUT2D eigenvalue weighted by Crippen LogP contribution is -2.39. The van der Waals surface area contributed by atoms with E-state index in [1.54, 1.807) is 14.2 Å². The molecule has 0 aromatic heterocycles. The maximum absolute atomic E-state index is 13.5. The normalized spacial score (nSPS) is 17.9. The van der Waals surface area contributed by atoms with Gasteiger partial charge in [-0.15, -0.1) is 0 Å². The van der Waals surface area contributed by atoms with Gasteiger partial charge in [-0.05, 0) is 55.9 Å². The molecule has 0 spiro atoms. The van der Waals surface area contributed by atoms with Crippen molar-refractivity contribution >= 4 is 34.8 Å². The standard InChI is InChI=1S/C31H33Cl2NO5/c1-37-15-7-14-34-23-10-5-12-25(35)29(23)28(30-24(34)11-6-13-26(30)36)20-16-22(33)31(27(17-20)38-2)39-18-19-8-3-4-9-21(19)32/h3-4,8-9,16-17,28H,5-7,10-15,18H2,1-2H3. The summed E-state index contributed by atoms with van der Waals surface area (Å²) in [6.45, 7) is 1.56. The Balaban J connectivity index is 1.58. The van der Waals surface area contributed by atoms with Gasteiger partial charge in [-0.25, -0.2) is 0 Å². The molecule has 1 aliphatic heterocycles. The summed E-state index contributed by atoms with van der Waals surface area (Å²) in [6, 6.07) is 11.1. The molecule has 0 unspecified atom stereocenters. The maximum atomic E-state index is 13.5. The molecule has 5 rings (SSSR count). The van der Waals surface area contributed by atoms with Crippen molar-refractivity contribution in [1.82, 2.24) is 4.90 Å². The highest BCUT2D eigenvalue weighted by atomic mass is 35.5. The van der Waals surface area contributed by atoms with Gasteiger partial charge in [0.15, 0.2) is 23.1 Å². The van der Waals surface area contributed by atoms with Gasteiger partial charge in [0.1, 0.15) is 6.61 Å². The van der Waals surface area contributed by atoms with Gasteiger partial charge in [-0.3, -0.25) is 9.59 Å². The van der Waals surface area contributed by atoms with Crippen molar-refractivity contribution in [2.75, 3.05) is 27.4 Å². The molecule has 2 aromatic rings. The van der Waals surface area contributed by atoms with Crippen LogP contribution >= 0.6 is 23.2 Å². The maximum Gasteiger partial charge on any atom is 0.180 e. The number of benzene rings is 2. The van der Waals surface area contributed by atoms with E-state index in [9.17, 15) is 9.59 Å². The largest absolute Gasteiger partial charge is 0.493 e. The van der Waals surface area contributed by atoms with Gasteiger partial charge in [-0.1, -0.05) is 41.4 Å². The highest BCUT2D eigenvalue weighted by Crippen LogP contribution is 2.51. The van der Waals surface area contributed by atoms with Crippen LogP contribution in [0.25, 0.3) is 0 Å². The Hall–Kier alpha value is -2.80. The van der Waals surface area contributed by atoms with Crippen LogP contribution in [-0.2, 0) is 20.9 Å². The first kappa shape index (κ1) is 27.8. The Bertz CT molecular complexity index is 1300. The first-order chi connectivity index (χ1) is 18.9. The van der Waals surface area contributed by atoms with Crippen LogP contribution in [-0.4, -0.2) is 43.8 Å². The lowest BCUT2D eigenvalue weighted by Gasteiger charge is -2.44. The summed E-state index contributed by atoms with van der Waals surface area (Å²) >= 11 is 13.1. The van der Waals surface area contributed by atoms with Crippen LogP contribution in [0.1, 0.15) is 62.0 Å². The van der Waals surface area contributed by atoms with Crippen molar-refractivity contribution < 1.29 is 23.8 Å². The molecular weight excluding hydrogens is 537 g/mol. The second-order valence-corrected chi connectivity index (χ2v) is 10.9. The van der Waals surface area contributed by atoms with E-state index in [4.69, 9.17) is 37.4 Å². The molecule has 39 heavy (non-hydrogen) atoms. The monoisotopic (exact) mass is 569 g/mol. The van der Waals surface area contributed by atoms with Gasteiger partial charge < -0.3 is 19.1 Å². The Morgan fingerprint density at radius 3 is 2.18 bits per heavy atom. The highest BCUT2D eigenvalue weighted by molar-refractivity contribution is 6.32. The number of nitrogens with zero attached hydrogens (tertiary/aromatic N) is 1. The molecule has 0 atom stereocenters. The molecule has 1 heterocycles. The first-order valence-corrected chi connectivity index (χ1v) is 14.2. The summed E-state index contributed by atoms with van der Waals surface area (Å²) in [5.41, 5.74) is 5.10. The number of ketones is 2. The van der Waals surface area contributed by atoms with E-state index >= 15 is 0 Å². The third kappa shape index (κ3) is 5.47. The van der Waals surface area contributed by atoms with Crippen molar-refractivity contribution in [3.05, 3.63) is 80.1 Å². The molecule has 0 saturated heterocycles. The Morgan fingerprint density at radius 1 is 0.897 bits per heavy atom. The third-order valence-corrected chi connectivity index (χ3v) is 8.38. The Kier molecular flexibility index (Phi) is 8.65. The zero-order chi connectivity index (χ0) is 27.5. The minimum Gasteiger partial charge on any atom is -0.493 e. The number of methoxy groups -OCH3 is 2. The van der Waals surface area contributed by atoms with Crippen LogP contribution in [0, 0.1) is 0 Å². The topological polar surface area (TPSA) is 65.1 Å². The molecule has 3 aliphatic rings. The molecule has 206 valence electrons. The fraction of sp³-hybridized carbons (Fsp3) is 0.419. The van der Waals surface area contributed by atoms with Gasteiger partial charge in [0.2, 0.25) is 0 Å². The molecule has 0 fully saturated rings. The number of halogens is 2. The lowest BCUT2D eigenvalue weighted by atomic mass is 9.71. The highest BCUT2D eigenvalue weighted by Gasteiger charge is 2.43. The SMILES string of the molecule is COCCCN1C2=C(C(=O)CCC2)C(c2cc(Cl)c(OCc3ccccc3Cl)c(OC)c2)C2=C1CCCC2=O. The minimum atomic E-state index is -0.474. The molecular formula is C31H33Cl2NO5. The zero-order valence-electron chi connectivity index (χ0n) is 22.4. The second-order valence-electron chi connectivity index (χ2n) is 10.1. The smallest absolute Gasteiger partial charge is 0.180 e. The molecule has 0 radical (unpaired) electrons. The first-order valence-electron chi connectivity index (χ1n) is 13.5. The molecule has 6 nitrogen and oxygen atoms in total. The van der Waals surface area contributed by atoms with Crippen LogP contribution < -0.4 is 9.47 Å². The predicted molar refractivity (Wildman–Crippen MR) is 151 cm³/mol. The summed E-state index contributed by atoms with van der Waals surface area (Å²) in [4.78, 5) is 29.3. The van der Waals surface area contributed by atoms with Crippen LogP contribution in [0.4, 0.5) is 0 Å². The summed E-state index contributed by atoms with van der Waals surface area (Å²) < 4.78 is 17.1. The van der Waals surface area contributed by atoms with Crippen LogP contribution in [0.2, 0.25) is 10.0 Å². The molecule has 0 bridgehead atoms. The molecule has 0 saturated carbocycles. The molecule has 0 N–H and O–H groups in total. The average molecular weight is 571 g/mol. The lowest BCUT2D eigenvalue weighted by molar-refractivity contribution is -0.117. The predicted octanol–water partition coefficient (Wildman–Crippen LogP) is 7.03. The number of Topliss-reactive ketones (excluding diaryl/α,β-unsaturated/α-hetero) is 2. The number of allylic oxidation sites excluding steroid dienone is 4. The van der Waals surface area contributed by atoms with Gasteiger partial charge in [0.25, 0.3) is 0 Å². The number of carbonyl (C=O) groups excluding carboxylic acids is 2. The molecule has 0 amide bonds. The number of rotatable bonds is 9.